The van der Waals surface area contributed by atoms with Crippen LogP contribution in [0.5, 0.6) is 0 Å². The van der Waals surface area contributed by atoms with Crippen molar-refractivity contribution < 1.29 is 4.42 Å². The predicted molar refractivity (Wildman–Crippen MR) is 197 cm³/mol. The molecule has 0 aliphatic heterocycles. The van der Waals surface area contributed by atoms with Gasteiger partial charge in [-0.1, -0.05) is 127 Å². The van der Waals surface area contributed by atoms with Crippen molar-refractivity contribution in [3.8, 4) is 11.1 Å². The highest BCUT2D eigenvalue weighted by Crippen LogP contribution is 2.47. The standard InChI is InChI=1S/C45H29NO/c1-2-11-31(12-3-1)46(42-28-44-45(39-16-7-6-15-38(39)42)40-17-8-9-20-43(40)47-44)32-24-21-29(22-25-32)34-26-23-30-27-41-36(34)18-10-19-37(41)35-14-5-4-13-33(30)35/h1-26,28H,27H2. The van der Waals surface area contributed by atoms with E-state index in [-0.39, 0.29) is 0 Å². The van der Waals surface area contributed by atoms with Gasteiger partial charge < -0.3 is 9.32 Å². The molecule has 10 rings (SSSR count). The van der Waals surface area contributed by atoms with Gasteiger partial charge in [0.05, 0.1) is 5.69 Å². The molecule has 0 amide bonds. The predicted octanol–water partition coefficient (Wildman–Crippen LogP) is 12.3. The summed E-state index contributed by atoms with van der Waals surface area (Å²) in [6, 6.07) is 54.5. The van der Waals surface area contributed by atoms with E-state index < -0.39 is 0 Å². The maximum atomic E-state index is 6.47. The van der Waals surface area contributed by atoms with E-state index in [4.69, 9.17) is 4.42 Å². The van der Waals surface area contributed by atoms with Gasteiger partial charge in [-0.25, -0.2) is 0 Å². The molecule has 0 radical (unpaired) electrons. The van der Waals surface area contributed by atoms with Crippen molar-refractivity contribution in [2.45, 2.75) is 6.42 Å². The minimum Gasteiger partial charge on any atom is -0.456 e. The van der Waals surface area contributed by atoms with Crippen molar-refractivity contribution in [2.24, 2.45) is 0 Å². The third-order valence-electron chi connectivity index (χ3n) is 9.90. The smallest absolute Gasteiger partial charge is 0.138 e. The van der Waals surface area contributed by atoms with Crippen LogP contribution >= 0.6 is 0 Å². The third kappa shape index (κ3) is 3.98. The quantitative estimate of drug-likeness (QED) is 0.200. The van der Waals surface area contributed by atoms with E-state index in [0.717, 1.165) is 45.4 Å². The lowest BCUT2D eigenvalue weighted by atomic mass is 9.80. The summed E-state index contributed by atoms with van der Waals surface area (Å²) in [4.78, 5) is 2.36. The summed E-state index contributed by atoms with van der Waals surface area (Å²) >= 11 is 0. The molecule has 1 aromatic heterocycles. The van der Waals surface area contributed by atoms with E-state index >= 15 is 0 Å². The third-order valence-corrected chi connectivity index (χ3v) is 9.90. The topological polar surface area (TPSA) is 16.4 Å². The molecule has 0 saturated heterocycles. The molecule has 7 aromatic carbocycles. The average Bonchev–Trinajstić information content (AvgIpc) is 3.41. The first-order chi connectivity index (χ1) is 23.3. The van der Waals surface area contributed by atoms with Gasteiger partial charge in [0.2, 0.25) is 0 Å². The van der Waals surface area contributed by atoms with Gasteiger partial charge in [-0.2, -0.15) is 0 Å². The molecule has 2 bridgehead atoms. The molecule has 2 heteroatoms. The van der Waals surface area contributed by atoms with Crippen LogP contribution < -0.4 is 4.90 Å². The van der Waals surface area contributed by atoms with Crippen molar-refractivity contribution in [3.63, 3.8) is 0 Å². The number of rotatable bonds is 4. The summed E-state index contributed by atoms with van der Waals surface area (Å²) in [5, 5.41) is 4.68. The Labute approximate surface area is 273 Å². The number of benzene rings is 7. The molecular formula is C45H29NO. The van der Waals surface area contributed by atoms with E-state index in [1.807, 2.05) is 6.07 Å². The highest BCUT2D eigenvalue weighted by atomic mass is 16.3. The Balaban J connectivity index is 1.14. The Morgan fingerprint density at radius 1 is 0.468 bits per heavy atom. The fraction of sp³-hybridized carbons (Fsp3) is 0.0222. The normalized spacial score (nSPS) is 13.3. The van der Waals surface area contributed by atoms with Crippen molar-refractivity contribution in [1.82, 2.24) is 0 Å². The fourth-order valence-electron chi connectivity index (χ4n) is 7.79. The van der Waals surface area contributed by atoms with Crippen LogP contribution in [-0.2, 0) is 6.42 Å². The molecule has 1 heterocycles. The monoisotopic (exact) mass is 599 g/mol. The maximum Gasteiger partial charge on any atom is 0.138 e. The minimum absolute atomic E-state index is 0.891. The molecule has 47 heavy (non-hydrogen) atoms. The average molecular weight is 600 g/mol. The molecule has 8 aromatic rings. The first-order valence-corrected chi connectivity index (χ1v) is 16.2. The van der Waals surface area contributed by atoms with Gasteiger partial charge in [0.1, 0.15) is 11.2 Å². The number of hydrogen-bond donors (Lipinski definition) is 0. The van der Waals surface area contributed by atoms with Crippen molar-refractivity contribution in [3.05, 3.63) is 186 Å². The number of para-hydroxylation sites is 2. The Morgan fingerprint density at radius 3 is 1.98 bits per heavy atom. The second-order valence-corrected chi connectivity index (χ2v) is 12.5. The molecule has 0 N–H and O–H groups in total. The van der Waals surface area contributed by atoms with Crippen LogP contribution in [0.4, 0.5) is 17.1 Å². The molecule has 2 nitrogen and oxygen atoms in total. The van der Waals surface area contributed by atoms with Crippen LogP contribution in [0.3, 0.4) is 0 Å². The molecule has 0 atom stereocenters. The van der Waals surface area contributed by atoms with Gasteiger partial charge in [-0.15, -0.1) is 0 Å². The highest BCUT2D eigenvalue weighted by Gasteiger charge is 2.25. The molecule has 220 valence electrons. The first kappa shape index (κ1) is 26.1. The Morgan fingerprint density at radius 2 is 1.13 bits per heavy atom. The van der Waals surface area contributed by atoms with Crippen LogP contribution in [0.2, 0.25) is 0 Å². The maximum absolute atomic E-state index is 6.47. The van der Waals surface area contributed by atoms with Crippen LogP contribution in [-0.4, -0.2) is 0 Å². The van der Waals surface area contributed by atoms with Gasteiger partial charge in [-0.05, 0) is 86.7 Å². The number of allylic oxidation sites excluding steroid dienone is 3. The fourth-order valence-corrected chi connectivity index (χ4v) is 7.79. The van der Waals surface area contributed by atoms with Gasteiger partial charge in [0.25, 0.3) is 0 Å². The van der Waals surface area contributed by atoms with Crippen LogP contribution in [0.25, 0.3) is 55.0 Å². The molecule has 0 spiro atoms. The van der Waals surface area contributed by atoms with E-state index in [1.54, 1.807) is 0 Å². The first-order valence-electron chi connectivity index (χ1n) is 16.2. The minimum atomic E-state index is 0.891. The van der Waals surface area contributed by atoms with Gasteiger partial charge in [-0.3, -0.25) is 0 Å². The lowest BCUT2D eigenvalue weighted by Gasteiger charge is -2.27. The van der Waals surface area contributed by atoms with Crippen LogP contribution in [0.15, 0.2) is 168 Å². The van der Waals surface area contributed by atoms with E-state index in [2.05, 4.69) is 163 Å². The summed E-state index contributed by atoms with van der Waals surface area (Å²) in [6.07, 6.45) is 5.61. The molecule has 2 aliphatic rings. The van der Waals surface area contributed by atoms with E-state index in [0.29, 0.717) is 0 Å². The Hall–Kier alpha value is -6.12. The van der Waals surface area contributed by atoms with Gasteiger partial charge in [0.15, 0.2) is 0 Å². The molecular weight excluding hydrogens is 571 g/mol. The highest BCUT2D eigenvalue weighted by molar-refractivity contribution is 6.22. The van der Waals surface area contributed by atoms with E-state index in [1.165, 1.54) is 55.3 Å². The molecule has 0 fully saturated rings. The number of anilines is 3. The number of furan rings is 1. The van der Waals surface area contributed by atoms with Crippen LogP contribution in [0, 0.1) is 0 Å². The van der Waals surface area contributed by atoms with Crippen molar-refractivity contribution >= 4 is 60.9 Å². The zero-order valence-corrected chi connectivity index (χ0v) is 25.7. The number of fused-ring (bicyclic) bond motifs is 9. The number of nitrogens with zero attached hydrogens (tertiary/aromatic N) is 1. The zero-order valence-electron chi connectivity index (χ0n) is 25.7. The lowest BCUT2D eigenvalue weighted by molar-refractivity contribution is 0.669. The summed E-state index contributed by atoms with van der Waals surface area (Å²) < 4.78 is 6.47. The Kier molecular flexibility index (Phi) is 5.67. The summed E-state index contributed by atoms with van der Waals surface area (Å²) in [5.41, 5.74) is 15.7. The van der Waals surface area contributed by atoms with Crippen molar-refractivity contribution in [1.29, 1.82) is 0 Å². The van der Waals surface area contributed by atoms with Gasteiger partial charge >= 0.3 is 0 Å². The lowest BCUT2D eigenvalue weighted by Crippen LogP contribution is -2.10. The number of hydrogen-bond acceptors (Lipinski definition) is 2. The van der Waals surface area contributed by atoms with Crippen molar-refractivity contribution in [2.75, 3.05) is 4.90 Å². The molecule has 0 unspecified atom stereocenters. The molecule has 2 aliphatic carbocycles. The Bertz CT molecular complexity index is 2580. The second-order valence-electron chi connectivity index (χ2n) is 12.5. The molecule has 0 saturated carbocycles. The van der Waals surface area contributed by atoms with Gasteiger partial charge in [0, 0.05) is 33.6 Å². The summed E-state index contributed by atoms with van der Waals surface area (Å²) in [7, 11) is 0. The largest absolute Gasteiger partial charge is 0.456 e. The summed E-state index contributed by atoms with van der Waals surface area (Å²) in [5.74, 6) is 0. The zero-order chi connectivity index (χ0) is 30.9. The second kappa shape index (κ2) is 10.2. The SMILES string of the molecule is C1=C2Cc3c(cccc3-c3ccccc32)C(c2ccc(N(c3ccccc3)c3cc4oc5ccccc5c4c4ccccc34)cc2)=C1. The van der Waals surface area contributed by atoms with Crippen LogP contribution in [0.1, 0.15) is 22.3 Å². The summed E-state index contributed by atoms with van der Waals surface area (Å²) in [6.45, 7) is 0. The van der Waals surface area contributed by atoms with E-state index in [9.17, 15) is 0 Å².